The molecule has 0 fully saturated rings. The topological polar surface area (TPSA) is 75.4 Å². The first-order valence-electron chi connectivity index (χ1n) is 6.12. The molecule has 0 aliphatic rings. The summed E-state index contributed by atoms with van der Waals surface area (Å²) in [6.07, 6.45) is 3.55. The standard InChI is InChI=1S/C11H21N3O3S/c1-4-10(3)14(5-2)18(16,17)11-8-12-13(9-11)6-7-15/h8-10,15H,4-7H2,1-3H3. The maximum absolute atomic E-state index is 12.4. The Labute approximate surface area is 108 Å². The Hall–Kier alpha value is -0.920. The van der Waals surface area contributed by atoms with Crippen molar-refractivity contribution < 1.29 is 13.5 Å². The monoisotopic (exact) mass is 275 g/mol. The van der Waals surface area contributed by atoms with Crippen molar-refractivity contribution in [2.75, 3.05) is 13.2 Å². The second kappa shape index (κ2) is 6.31. The van der Waals surface area contributed by atoms with Crippen LogP contribution in [0.3, 0.4) is 0 Å². The fraction of sp³-hybridized carbons (Fsp3) is 0.727. The first kappa shape index (κ1) is 15.1. The van der Waals surface area contributed by atoms with E-state index in [9.17, 15) is 8.42 Å². The molecule has 7 heteroatoms. The average molecular weight is 275 g/mol. The lowest BCUT2D eigenvalue weighted by atomic mass is 10.3. The van der Waals surface area contributed by atoms with Crippen LogP contribution < -0.4 is 0 Å². The Kier molecular flexibility index (Phi) is 5.30. The van der Waals surface area contributed by atoms with Gasteiger partial charge in [0.2, 0.25) is 10.0 Å². The highest BCUT2D eigenvalue weighted by Gasteiger charge is 2.27. The second-order valence-corrected chi connectivity index (χ2v) is 6.02. The Morgan fingerprint density at radius 2 is 2.17 bits per heavy atom. The molecule has 6 nitrogen and oxygen atoms in total. The Bertz CT molecular complexity index is 470. The Balaban J connectivity index is 3.03. The SMILES string of the molecule is CCC(C)N(CC)S(=O)(=O)c1cnn(CCO)c1. The highest BCUT2D eigenvalue weighted by atomic mass is 32.2. The molecule has 0 saturated carbocycles. The van der Waals surface area contributed by atoms with Gasteiger partial charge in [0.15, 0.2) is 0 Å². The van der Waals surface area contributed by atoms with Crippen LogP contribution in [0.15, 0.2) is 17.3 Å². The molecule has 0 radical (unpaired) electrons. The van der Waals surface area contributed by atoms with Gasteiger partial charge in [0.05, 0.1) is 19.3 Å². The van der Waals surface area contributed by atoms with Gasteiger partial charge in [-0.2, -0.15) is 9.40 Å². The minimum Gasteiger partial charge on any atom is -0.394 e. The third-order valence-electron chi connectivity index (χ3n) is 2.94. The van der Waals surface area contributed by atoms with Crippen molar-refractivity contribution in [1.82, 2.24) is 14.1 Å². The van der Waals surface area contributed by atoms with Crippen LogP contribution in [0.4, 0.5) is 0 Å². The summed E-state index contributed by atoms with van der Waals surface area (Å²) in [5.74, 6) is 0. The van der Waals surface area contributed by atoms with Crippen LogP contribution >= 0.6 is 0 Å². The van der Waals surface area contributed by atoms with E-state index in [1.807, 2.05) is 20.8 Å². The first-order valence-corrected chi connectivity index (χ1v) is 7.56. The number of sulfonamides is 1. The maximum atomic E-state index is 12.4. The molecule has 0 saturated heterocycles. The van der Waals surface area contributed by atoms with Crippen LogP contribution in [0.25, 0.3) is 0 Å². The molecule has 104 valence electrons. The summed E-state index contributed by atoms with van der Waals surface area (Å²) in [5, 5.41) is 12.7. The fourth-order valence-corrected chi connectivity index (χ4v) is 3.43. The summed E-state index contributed by atoms with van der Waals surface area (Å²) < 4.78 is 27.7. The summed E-state index contributed by atoms with van der Waals surface area (Å²) in [6.45, 7) is 6.33. The lowest BCUT2D eigenvalue weighted by Gasteiger charge is -2.25. The highest BCUT2D eigenvalue weighted by Crippen LogP contribution is 2.18. The van der Waals surface area contributed by atoms with Crippen molar-refractivity contribution in [3.8, 4) is 0 Å². The zero-order chi connectivity index (χ0) is 13.8. The summed E-state index contributed by atoms with van der Waals surface area (Å²) in [6, 6.07) is -0.0406. The number of aliphatic hydroxyl groups is 1. The summed E-state index contributed by atoms with van der Waals surface area (Å²) in [5.41, 5.74) is 0. The number of aromatic nitrogens is 2. The summed E-state index contributed by atoms with van der Waals surface area (Å²) in [4.78, 5) is 0.179. The smallest absolute Gasteiger partial charge is 0.246 e. The predicted molar refractivity (Wildman–Crippen MR) is 68.6 cm³/mol. The molecule has 0 aliphatic heterocycles. The van der Waals surface area contributed by atoms with Gasteiger partial charge in [0, 0.05) is 18.8 Å². The molecule has 18 heavy (non-hydrogen) atoms. The first-order chi connectivity index (χ1) is 8.47. The van der Waals surface area contributed by atoms with Crippen molar-refractivity contribution >= 4 is 10.0 Å². The van der Waals surface area contributed by atoms with Crippen molar-refractivity contribution in [2.45, 2.75) is 44.7 Å². The molecule has 1 aromatic heterocycles. The molecular weight excluding hydrogens is 254 g/mol. The van der Waals surface area contributed by atoms with Crippen LogP contribution in [0.2, 0.25) is 0 Å². The molecule has 1 rings (SSSR count). The minimum atomic E-state index is -3.49. The van der Waals surface area contributed by atoms with Crippen LogP contribution in [0.1, 0.15) is 27.2 Å². The largest absolute Gasteiger partial charge is 0.394 e. The van der Waals surface area contributed by atoms with Gasteiger partial charge in [-0.15, -0.1) is 0 Å². The molecule has 0 aromatic carbocycles. The van der Waals surface area contributed by atoms with E-state index < -0.39 is 10.0 Å². The van der Waals surface area contributed by atoms with E-state index in [-0.39, 0.29) is 17.5 Å². The molecule has 0 aliphatic carbocycles. The molecule has 1 unspecified atom stereocenters. The quantitative estimate of drug-likeness (QED) is 0.794. The van der Waals surface area contributed by atoms with Crippen molar-refractivity contribution in [1.29, 1.82) is 0 Å². The number of nitrogens with zero attached hydrogens (tertiary/aromatic N) is 3. The van der Waals surface area contributed by atoms with E-state index >= 15 is 0 Å². The molecule has 1 heterocycles. The van der Waals surface area contributed by atoms with Gasteiger partial charge in [0.1, 0.15) is 4.90 Å². The van der Waals surface area contributed by atoms with E-state index in [4.69, 9.17) is 5.11 Å². The van der Waals surface area contributed by atoms with Gasteiger partial charge >= 0.3 is 0 Å². The minimum absolute atomic E-state index is 0.0406. The zero-order valence-electron chi connectivity index (χ0n) is 11.1. The molecule has 0 amide bonds. The molecule has 1 atom stereocenters. The molecular formula is C11H21N3O3S. The molecule has 0 bridgehead atoms. The predicted octanol–water partition coefficient (Wildman–Crippen LogP) is 0.684. The van der Waals surface area contributed by atoms with Gasteiger partial charge in [-0.25, -0.2) is 8.42 Å². The van der Waals surface area contributed by atoms with Crippen LogP contribution in [0.5, 0.6) is 0 Å². The van der Waals surface area contributed by atoms with E-state index in [1.165, 1.54) is 21.4 Å². The molecule has 1 N–H and O–H groups in total. The number of hydrogen-bond acceptors (Lipinski definition) is 4. The lowest BCUT2D eigenvalue weighted by Crippen LogP contribution is -2.37. The second-order valence-electron chi connectivity index (χ2n) is 4.13. The maximum Gasteiger partial charge on any atom is 0.246 e. The third-order valence-corrected chi connectivity index (χ3v) is 4.98. The van der Waals surface area contributed by atoms with E-state index in [1.54, 1.807) is 0 Å². The third kappa shape index (κ3) is 3.09. The van der Waals surface area contributed by atoms with E-state index in [2.05, 4.69) is 5.10 Å². The van der Waals surface area contributed by atoms with Gasteiger partial charge in [-0.1, -0.05) is 13.8 Å². The lowest BCUT2D eigenvalue weighted by molar-refractivity contribution is 0.269. The number of hydrogen-bond donors (Lipinski definition) is 1. The number of aliphatic hydroxyl groups excluding tert-OH is 1. The Morgan fingerprint density at radius 3 is 2.67 bits per heavy atom. The van der Waals surface area contributed by atoms with Crippen LogP contribution in [-0.4, -0.2) is 46.8 Å². The van der Waals surface area contributed by atoms with Crippen molar-refractivity contribution in [3.63, 3.8) is 0 Å². The summed E-state index contributed by atoms with van der Waals surface area (Å²) in [7, 11) is -3.49. The highest BCUT2D eigenvalue weighted by molar-refractivity contribution is 7.89. The normalized spacial score (nSPS) is 14.1. The van der Waals surface area contributed by atoms with Gasteiger partial charge in [0.25, 0.3) is 0 Å². The van der Waals surface area contributed by atoms with Gasteiger partial charge < -0.3 is 5.11 Å². The number of rotatable bonds is 7. The van der Waals surface area contributed by atoms with Gasteiger partial charge in [-0.3, -0.25) is 4.68 Å². The van der Waals surface area contributed by atoms with Gasteiger partial charge in [-0.05, 0) is 13.3 Å². The summed E-state index contributed by atoms with van der Waals surface area (Å²) >= 11 is 0. The fourth-order valence-electron chi connectivity index (χ4n) is 1.76. The molecule has 0 spiro atoms. The van der Waals surface area contributed by atoms with E-state index in [0.717, 1.165) is 6.42 Å². The molecule has 1 aromatic rings. The van der Waals surface area contributed by atoms with Crippen LogP contribution in [0, 0.1) is 0 Å². The van der Waals surface area contributed by atoms with E-state index in [0.29, 0.717) is 13.1 Å². The van der Waals surface area contributed by atoms with Crippen LogP contribution in [-0.2, 0) is 16.6 Å². The van der Waals surface area contributed by atoms with Crippen molar-refractivity contribution in [3.05, 3.63) is 12.4 Å². The average Bonchev–Trinajstić information content (AvgIpc) is 2.79. The zero-order valence-corrected chi connectivity index (χ0v) is 11.9. The van der Waals surface area contributed by atoms with Crippen molar-refractivity contribution in [2.24, 2.45) is 0 Å². The Morgan fingerprint density at radius 1 is 1.50 bits per heavy atom.